The Morgan fingerprint density at radius 1 is 1.36 bits per heavy atom. The van der Waals surface area contributed by atoms with E-state index in [-0.39, 0.29) is 0 Å². The van der Waals surface area contributed by atoms with Crippen LogP contribution in [0.3, 0.4) is 0 Å². The number of alkyl halides is 1. The Bertz CT molecular complexity index is 107. The highest BCUT2D eigenvalue weighted by Crippen LogP contribution is 2.18. The summed E-state index contributed by atoms with van der Waals surface area (Å²) in [4.78, 5) is 0. The van der Waals surface area contributed by atoms with Crippen molar-refractivity contribution in [3.8, 4) is 0 Å². The molecule has 0 heterocycles. The monoisotopic (exact) mass is 196 g/mol. The molecule has 0 spiro atoms. The van der Waals surface area contributed by atoms with Gasteiger partial charge < -0.3 is 8.85 Å². The van der Waals surface area contributed by atoms with Gasteiger partial charge in [0.2, 0.25) is 0 Å². The Kier molecular flexibility index (Phi) is 5.34. The predicted molar refractivity (Wildman–Crippen MR) is 50.3 cm³/mol. The molecule has 0 aromatic rings. The van der Waals surface area contributed by atoms with E-state index < -0.39 is 8.56 Å². The lowest BCUT2D eigenvalue weighted by Crippen LogP contribution is -2.38. The standard InChI is InChI=1S/C7H17ClO2Si/c1-7(5-8)6-11(4,9-2)10-3/h7H,5-6H2,1-4H3. The average molecular weight is 197 g/mol. The molecule has 4 heteroatoms. The lowest BCUT2D eigenvalue weighted by molar-refractivity contribution is 0.244. The van der Waals surface area contributed by atoms with Gasteiger partial charge in [-0.3, -0.25) is 0 Å². The summed E-state index contributed by atoms with van der Waals surface area (Å²) in [6.45, 7) is 4.16. The first kappa shape index (κ1) is 11.4. The third kappa shape index (κ3) is 4.11. The van der Waals surface area contributed by atoms with E-state index in [9.17, 15) is 0 Å². The number of rotatable bonds is 5. The minimum Gasteiger partial charge on any atom is -0.398 e. The van der Waals surface area contributed by atoms with Gasteiger partial charge in [-0.1, -0.05) is 6.92 Å². The first-order valence-corrected chi connectivity index (χ1v) is 6.80. The zero-order valence-corrected chi connectivity index (χ0v) is 9.44. The van der Waals surface area contributed by atoms with Gasteiger partial charge in [0, 0.05) is 20.1 Å². The summed E-state index contributed by atoms with van der Waals surface area (Å²) in [6, 6.07) is 0.962. The predicted octanol–water partition coefficient (Wildman–Crippen LogP) is 2.23. The first-order chi connectivity index (χ1) is 5.08. The van der Waals surface area contributed by atoms with Gasteiger partial charge in [-0.2, -0.15) is 0 Å². The van der Waals surface area contributed by atoms with Gasteiger partial charge in [0.25, 0.3) is 0 Å². The summed E-state index contributed by atoms with van der Waals surface area (Å²) in [5, 5.41) is 0. The Morgan fingerprint density at radius 2 is 1.82 bits per heavy atom. The second kappa shape index (κ2) is 5.14. The van der Waals surface area contributed by atoms with Crippen LogP contribution in [0.2, 0.25) is 12.6 Å². The smallest absolute Gasteiger partial charge is 0.334 e. The molecule has 2 nitrogen and oxygen atoms in total. The molecule has 0 fully saturated rings. The first-order valence-electron chi connectivity index (χ1n) is 3.74. The fraction of sp³-hybridized carbons (Fsp3) is 1.00. The molecule has 0 amide bonds. The fourth-order valence-electron chi connectivity index (χ4n) is 0.938. The maximum Gasteiger partial charge on any atom is 0.334 e. The quantitative estimate of drug-likeness (QED) is 0.496. The van der Waals surface area contributed by atoms with E-state index in [1.165, 1.54) is 0 Å². The number of hydrogen-bond donors (Lipinski definition) is 0. The van der Waals surface area contributed by atoms with E-state index in [0.717, 1.165) is 6.04 Å². The topological polar surface area (TPSA) is 18.5 Å². The largest absolute Gasteiger partial charge is 0.398 e. The van der Waals surface area contributed by atoms with Gasteiger partial charge >= 0.3 is 8.56 Å². The van der Waals surface area contributed by atoms with E-state index in [0.29, 0.717) is 11.8 Å². The van der Waals surface area contributed by atoms with Crippen LogP contribution in [0.4, 0.5) is 0 Å². The number of halogens is 1. The summed E-state index contributed by atoms with van der Waals surface area (Å²) < 4.78 is 10.6. The van der Waals surface area contributed by atoms with Gasteiger partial charge in [0.1, 0.15) is 0 Å². The highest BCUT2D eigenvalue weighted by molar-refractivity contribution is 6.66. The van der Waals surface area contributed by atoms with Gasteiger partial charge in [0.05, 0.1) is 0 Å². The molecule has 0 aliphatic rings. The minimum atomic E-state index is -1.87. The lowest BCUT2D eigenvalue weighted by atomic mass is 10.3. The molecular weight excluding hydrogens is 180 g/mol. The van der Waals surface area contributed by atoms with E-state index in [1.54, 1.807) is 14.2 Å². The van der Waals surface area contributed by atoms with Crippen molar-refractivity contribution in [1.29, 1.82) is 0 Å². The summed E-state index contributed by atoms with van der Waals surface area (Å²) in [6.07, 6.45) is 0. The van der Waals surface area contributed by atoms with E-state index in [4.69, 9.17) is 20.5 Å². The molecule has 0 aromatic heterocycles. The van der Waals surface area contributed by atoms with Crippen molar-refractivity contribution in [2.24, 2.45) is 5.92 Å². The van der Waals surface area contributed by atoms with Crippen molar-refractivity contribution >= 4 is 20.2 Å². The third-order valence-corrected chi connectivity index (χ3v) is 5.54. The molecule has 0 bridgehead atoms. The zero-order chi connectivity index (χ0) is 8.91. The molecule has 68 valence electrons. The molecule has 1 atom stereocenters. The molecule has 0 rings (SSSR count). The molecule has 0 saturated carbocycles. The van der Waals surface area contributed by atoms with Crippen molar-refractivity contribution in [3.05, 3.63) is 0 Å². The van der Waals surface area contributed by atoms with Crippen LogP contribution in [-0.4, -0.2) is 28.7 Å². The average Bonchev–Trinajstić information content (AvgIpc) is 2.04. The second-order valence-electron chi connectivity index (χ2n) is 3.01. The van der Waals surface area contributed by atoms with Crippen LogP contribution in [0.25, 0.3) is 0 Å². The van der Waals surface area contributed by atoms with Crippen LogP contribution in [0, 0.1) is 5.92 Å². The molecule has 0 aliphatic carbocycles. The van der Waals surface area contributed by atoms with Crippen LogP contribution in [0.1, 0.15) is 6.92 Å². The molecule has 0 aromatic carbocycles. The summed E-state index contributed by atoms with van der Waals surface area (Å²) in [7, 11) is 1.54. The second-order valence-corrected chi connectivity index (χ2v) is 6.81. The van der Waals surface area contributed by atoms with Crippen LogP contribution < -0.4 is 0 Å². The lowest BCUT2D eigenvalue weighted by Gasteiger charge is -2.24. The zero-order valence-electron chi connectivity index (χ0n) is 7.69. The Morgan fingerprint density at radius 3 is 2.09 bits per heavy atom. The highest BCUT2D eigenvalue weighted by atomic mass is 35.5. The Labute approximate surface area is 75.1 Å². The number of hydrogen-bond acceptors (Lipinski definition) is 2. The molecule has 0 radical (unpaired) electrons. The van der Waals surface area contributed by atoms with Crippen molar-refractivity contribution in [2.45, 2.75) is 19.5 Å². The Hall–Kier alpha value is 0.427. The van der Waals surface area contributed by atoms with Crippen molar-refractivity contribution in [2.75, 3.05) is 20.1 Å². The molecular formula is C7H17ClO2Si. The van der Waals surface area contributed by atoms with Gasteiger partial charge in [0.15, 0.2) is 0 Å². The summed E-state index contributed by atoms with van der Waals surface area (Å²) >= 11 is 5.68. The van der Waals surface area contributed by atoms with Crippen molar-refractivity contribution < 1.29 is 8.85 Å². The highest BCUT2D eigenvalue weighted by Gasteiger charge is 2.30. The van der Waals surface area contributed by atoms with Crippen LogP contribution in [0.15, 0.2) is 0 Å². The van der Waals surface area contributed by atoms with Gasteiger partial charge in [-0.25, -0.2) is 0 Å². The van der Waals surface area contributed by atoms with Crippen LogP contribution in [0.5, 0.6) is 0 Å². The molecule has 0 saturated heterocycles. The fourth-order valence-corrected chi connectivity index (χ4v) is 3.14. The van der Waals surface area contributed by atoms with Crippen LogP contribution >= 0.6 is 11.6 Å². The Balaban J connectivity index is 3.86. The normalized spacial score (nSPS) is 15.0. The summed E-state index contributed by atoms with van der Waals surface area (Å²) in [5.41, 5.74) is 0. The van der Waals surface area contributed by atoms with Gasteiger partial charge in [-0.15, -0.1) is 11.6 Å². The minimum absolute atomic E-state index is 0.480. The van der Waals surface area contributed by atoms with E-state index in [1.807, 2.05) is 0 Å². The van der Waals surface area contributed by atoms with Crippen molar-refractivity contribution in [3.63, 3.8) is 0 Å². The third-order valence-electron chi connectivity index (χ3n) is 1.85. The SMILES string of the molecule is CO[Si](C)(CC(C)CCl)OC. The molecule has 11 heavy (non-hydrogen) atoms. The maximum absolute atomic E-state index is 5.68. The van der Waals surface area contributed by atoms with Gasteiger partial charge in [-0.05, 0) is 18.5 Å². The van der Waals surface area contributed by atoms with Crippen molar-refractivity contribution in [1.82, 2.24) is 0 Å². The maximum atomic E-state index is 5.68. The molecule has 1 unspecified atom stereocenters. The summed E-state index contributed by atoms with van der Waals surface area (Å²) in [5.74, 6) is 1.16. The van der Waals surface area contributed by atoms with E-state index >= 15 is 0 Å². The molecule has 0 aliphatic heterocycles. The molecule has 0 N–H and O–H groups in total. The van der Waals surface area contributed by atoms with E-state index in [2.05, 4.69) is 13.5 Å². The van der Waals surface area contributed by atoms with Crippen LogP contribution in [-0.2, 0) is 8.85 Å².